The van der Waals surface area contributed by atoms with E-state index in [0.717, 1.165) is 15.6 Å². The summed E-state index contributed by atoms with van der Waals surface area (Å²) >= 11 is 3.35. The molecule has 0 unspecified atom stereocenters. The van der Waals surface area contributed by atoms with Crippen LogP contribution in [0.2, 0.25) is 0 Å². The molecule has 2 N–H and O–H groups in total. The van der Waals surface area contributed by atoms with Gasteiger partial charge in [-0.3, -0.25) is 25.2 Å². The van der Waals surface area contributed by atoms with E-state index >= 15 is 0 Å². The van der Waals surface area contributed by atoms with Crippen molar-refractivity contribution in [3.8, 4) is 5.75 Å². The number of benzene rings is 2. The van der Waals surface area contributed by atoms with Crippen LogP contribution in [0.1, 0.15) is 24.0 Å². The fraction of sp³-hybridized carbons (Fsp3) is 0.286. The summed E-state index contributed by atoms with van der Waals surface area (Å²) in [7, 11) is 0. The highest BCUT2D eigenvalue weighted by molar-refractivity contribution is 9.10. The maximum atomic E-state index is 11.8. The first-order valence-corrected chi connectivity index (χ1v) is 9.89. The first-order valence-electron chi connectivity index (χ1n) is 9.10. The lowest BCUT2D eigenvalue weighted by atomic mass is 10.2. The van der Waals surface area contributed by atoms with Crippen molar-refractivity contribution in [3.05, 3.63) is 64.1 Å². The molecule has 154 valence electrons. The second-order valence-electron chi connectivity index (χ2n) is 6.25. The average Bonchev–Trinajstić information content (AvgIpc) is 2.71. The van der Waals surface area contributed by atoms with Crippen molar-refractivity contribution < 1.29 is 23.9 Å². The SMILES string of the molecule is Cc1cc(Br)ccc1OCC(=O)NNC(=O)CCC(=O)OCCc1ccccc1. The third kappa shape index (κ3) is 8.78. The van der Waals surface area contributed by atoms with Crippen molar-refractivity contribution in [2.24, 2.45) is 0 Å². The van der Waals surface area contributed by atoms with Crippen molar-refractivity contribution in [2.75, 3.05) is 13.2 Å². The molecule has 0 aliphatic rings. The Hall–Kier alpha value is -2.87. The fourth-order valence-corrected chi connectivity index (χ4v) is 2.85. The number of amides is 2. The number of halogens is 1. The zero-order chi connectivity index (χ0) is 21.1. The second-order valence-corrected chi connectivity index (χ2v) is 7.17. The summed E-state index contributed by atoms with van der Waals surface area (Å²) in [6.45, 7) is 1.87. The molecule has 2 aromatic carbocycles. The first kappa shape index (κ1) is 22.4. The number of nitrogens with one attached hydrogen (secondary N) is 2. The number of rotatable bonds is 9. The molecule has 0 saturated heterocycles. The molecule has 0 radical (unpaired) electrons. The van der Waals surface area contributed by atoms with Gasteiger partial charge in [0.1, 0.15) is 5.75 Å². The smallest absolute Gasteiger partial charge is 0.306 e. The Kier molecular flexibility index (Phi) is 9.17. The largest absolute Gasteiger partial charge is 0.483 e. The number of carbonyl (C=O) groups excluding carboxylic acids is 3. The van der Waals surface area contributed by atoms with E-state index in [1.54, 1.807) is 12.1 Å². The second kappa shape index (κ2) is 11.9. The van der Waals surface area contributed by atoms with E-state index in [1.807, 2.05) is 43.3 Å². The molecule has 0 spiro atoms. The topological polar surface area (TPSA) is 93.7 Å². The Balaban J connectivity index is 1.57. The highest BCUT2D eigenvalue weighted by atomic mass is 79.9. The monoisotopic (exact) mass is 462 g/mol. The molecule has 8 heteroatoms. The van der Waals surface area contributed by atoms with Gasteiger partial charge in [0.05, 0.1) is 13.0 Å². The van der Waals surface area contributed by atoms with E-state index in [9.17, 15) is 14.4 Å². The van der Waals surface area contributed by atoms with Crippen molar-refractivity contribution in [3.63, 3.8) is 0 Å². The molecule has 0 saturated carbocycles. The molecule has 0 aliphatic carbocycles. The summed E-state index contributed by atoms with van der Waals surface area (Å²) in [4.78, 5) is 35.2. The summed E-state index contributed by atoms with van der Waals surface area (Å²) in [6.07, 6.45) is 0.467. The maximum absolute atomic E-state index is 11.8. The van der Waals surface area contributed by atoms with Crippen LogP contribution in [0.4, 0.5) is 0 Å². The average molecular weight is 463 g/mol. The van der Waals surface area contributed by atoms with Gasteiger partial charge in [-0.1, -0.05) is 46.3 Å². The Morgan fingerprint density at radius 3 is 2.41 bits per heavy atom. The lowest BCUT2D eigenvalue weighted by molar-refractivity contribution is -0.145. The number of aryl methyl sites for hydroxylation is 1. The van der Waals surface area contributed by atoms with E-state index in [-0.39, 0.29) is 26.1 Å². The van der Waals surface area contributed by atoms with Gasteiger partial charge in [0.25, 0.3) is 5.91 Å². The van der Waals surface area contributed by atoms with Crippen LogP contribution in [0.3, 0.4) is 0 Å². The van der Waals surface area contributed by atoms with Gasteiger partial charge in [0, 0.05) is 17.3 Å². The molecule has 2 amide bonds. The van der Waals surface area contributed by atoms with E-state index in [1.165, 1.54) is 0 Å². The maximum Gasteiger partial charge on any atom is 0.306 e. The number of hydrogen-bond donors (Lipinski definition) is 2. The lowest BCUT2D eigenvalue weighted by Crippen LogP contribution is -2.43. The van der Waals surface area contributed by atoms with Crippen molar-refractivity contribution >= 4 is 33.7 Å². The molecule has 0 atom stereocenters. The molecule has 0 aliphatic heterocycles. The van der Waals surface area contributed by atoms with E-state index < -0.39 is 17.8 Å². The lowest BCUT2D eigenvalue weighted by Gasteiger charge is -2.10. The molecule has 7 nitrogen and oxygen atoms in total. The minimum absolute atomic E-state index is 0.0644. The quantitative estimate of drug-likeness (QED) is 0.441. The minimum atomic E-state index is -0.508. The van der Waals surface area contributed by atoms with Crippen LogP contribution in [0.25, 0.3) is 0 Å². The standard InChI is InChI=1S/C21H23BrN2O5/c1-15-13-17(22)7-8-18(15)29-14-20(26)24-23-19(25)9-10-21(27)28-12-11-16-5-3-2-4-6-16/h2-8,13H,9-12,14H2,1H3,(H,23,25)(H,24,26). The molecule has 0 heterocycles. The van der Waals surface area contributed by atoms with Gasteiger partial charge in [-0.2, -0.15) is 0 Å². The predicted molar refractivity (Wildman–Crippen MR) is 111 cm³/mol. The van der Waals surface area contributed by atoms with E-state index in [0.29, 0.717) is 12.2 Å². The fourth-order valence-electron chi connectivity index (χ4n) is 2.37. The van der Waals surface area contributed by atoms with Crippen LogP contribution in [0.5, 0.6) is 5.75 Å². The molecular formula is C21H23BrN2O5. The number of hydrogen-bond acceptors (Lipinski definition) is 5. The molecule has 0 fully saturated rings. The summed E-state index contributed by atoms with van der Waals surface area (Å²) < 4.78 is 11.4. The molecule has 2 aromatic rings. The zero-order valence-corrected chi connectivity index (χ0v) is 17.7. The summed E-state index contributed by atoms with van der Waals surface area (Å²) in [5.41, 5.74) is 6.44. The first-order chi connectivity index (χ1) is 13.9. The Bertz CT molecular complexity index is 842. The molecule has 2 rings (SSSR count). The van der Waals surface area contributed by atoms with Gasteiger partial charge in [-0.15, -0.1) is 0 Å². The number of hydrazine groups is 1. The highest BCUT2D eigenvalue weighted by Crippen LogP contribution is 2.21. The van der Waals surface area contributed by atoms with Gasteiger partial charge in [-0.05, 0) is 36.2 Å². The van der Waals surface area contributed by atoms with Crippen LogP contribution >= 0.6 is 15.9 Å². The van der Waals surface area contributed by atoms with Crippen LogP contribution in [-0.2, 0) is 25.5 Å². The van der Waals surface area contributed by atoms with Crippen molar-refractivity contribution in [2.45, 2.75) is 26.2 Å². The predicted octanol–water partition coefficient (Wildman–Crippen LogP) is 2.85. The molecule has 29 heavy (non-hydrogen) atoms. The Morgan fingerprint density at radius 1 is 0.966 bits per heavy atom. The summed E-state index contributed by atoms with van der Waals surface area (Å²) in [5.74, 6) is -0.881. The van der Waals surface area contributed by atoms with Crippen LogP contribution < -0.4 is 15.6 Å². The van der Waals surface area contributed by atoms with Crippen molar-refractivity contribution in [1.82, 2.24) is 10.9 Å². The Morgan fingerprint density at radius 2 is 1.69 bits per heavy atom. The van der Waals surface area contributed by atoms with Gasteiger partial charge in [-0.25, -0.2) is 0 Å². The number of esters is 1. The van der Waals surface area contributed by atoms with E-state index in [2.05, 4.69) is 26.8 Å². The molecule has 0 aromatic heterocycles. The third-order valence-electron chi connectivity index (χ3n) is 3.89. The summed E-state index contributed by atoms with van der Waals surface area (Å²) in [5, 5.41) is 0. The molecular weight excluding hydrogens is 440 g/mol. The number of carbonyl (C=O) groups is 3. The van der Waals surface area contributed by atoms with Crippen molar-refractivity contribution in [1.29, 1.82) is 0 Å². The van der Waals surface area contributed by atoms with Gasteiger partial charge in [0.2, 0.25) is 5.91 Å². The zero-order valence-electron chi connectivity index (χ0n) is 16.1. The van der Waals surface area contributed by atoms with Gasteiger partial charge >= 0.3 is 5.97 Å². The van der Waals surface area contributed by atoms with E-state index in [4.69, 9.17) is 9.47 Å². The van der Waals surface area contributed by atoms with Gasteiger partial charge in [0.15, 0.2) is 6.61 Å². The van der Waals surface area contributed by atoms with Crippen LogP contribution in [0, 0.1) is 6.92 Å². The minimum Gasteiger partial charge on any atom is -0.483 e. The normalized spacial score (nSPS) is 10.1. The Labute approximate surface area is 177 Å². The van der Waals surface area contributed by atoms with Crippen LogP contribution in [-0.4, -0.2) is 31.0 Å². The van der Waals surface area contributed by atoms with Crippen LogP contribution in [0.15, 0.2) is 53.0 Å². The summed E-state index contributed by atoms with van der Waals surface area (Å²) in [6, 6.07) is 15.1. The number of ether oxygens (including phenoxy) is 2. The third-order valence-corrected chi connectivity index (χ3v) is 4.38. The van der Waals surface area contributed by atoms with Gasteiger partial charge < -0.3 is 9.47 Å². The molecule has 0 bridgehead atoms. The highest BCUT2D eigenvalue weighted by Gasteiger charge is 2.10.